The minimum atomic E-state index is 1.17. The lowest BCUT2D eigenvalue weighted by atomic mass is 9.78. The van der Waals surface area contributed by atoms with Crippen LogP contribution in [0.5, 0.6) is 0 Å². The van der Waals surface area contributed by atoms with E-state index in [2.05, 4.69) is 48.5 Å². The molecule has 3 aromatic carbocycles. The molecule has 2 aliphatic carbocycles. The molecule has 24 heavy (non-hydrogen) atoms. The van der Waals surface area contributed by atoms with Crippen LogP contribution in [-0.2, 0) is 25.7 Å². The van der Waals surface area contributed by atoms with E-state index in [-0.39, 0.29) is 0 Å². The third-order valence-corrected chi connectivity index (χ3v) is 5.74. The minimum Gasteiger partial charge on any atom is -0.0581 e. The summed E-state index contributed by atoms with van der Waals surface area (Å²) in [7, 11) is 0. The molecule has 0 heteroatoms. The van der Waals surface area contributed by atoms with E-state index in [0.29, 0.717) is 0 Å². The molecule has 5 rings (SSSR count). The number of hydrogen-bond donors (Lipinski definition) is 0. The van der Waals surface area contributed by atoms with Crippen LogP contribution in [0, 0.1) is 6.07 Å². The molecule has 0 aliphatic heterocycles. The second-order valence-electron chi connectivity index (χ2n) is 7.10. The first kappa shape index (κ1) is 14.0. The van der Waals surface area contributed by atoms with Gasteiger partial charge >= 0.3 is 0 Å². The van der Waals surface area contributed by atoms with E-state index in [0.717, 1.165) is 0 Å². The van der Waals surface area contributed by atoms with Crippen LogP contribution in [0.15, 0.2) is 54.6 Å². The van der Waals surface area contributed by atoms with Crippen molar-refractivity contribution in [2.75, 3.05) is 0 Å². The second kappa shape index (κ2) is 5.63. The van der Waals surface area contributed by atoms with Crippen LogP contribution in [0.2, 0.25) is 0 Å². The Morgan fingerprint density at radius 1 is 0.583 bits per heavy atom. The second-order valence-corrected chi connectivity index (χ2v) is 7.10. The first-order valence-electron chi connectivity index (χ1n) is 9.13. The van der Waals surface area contributed by atoms with E-state index in [4.69, 9.17) is 0 Å². The molecule has 0 spiro atoms. The molecule has 2 aliphatic rings. The van der Waals surface area contributed by atoms with Gasteiger partial charge in [-0.05, 0) is 89.1 Å². The zero-order chi connectivity index (χ0) is 15.9. The van der Waals surface area contributed by atoms with Gasteiger partial charge < -0.3 is 0 Å². The Labute approximate surface area is 144 Å². The summed E-state index contributed by atoms with van der Waals surface area (Å²) in [6.45, 7) is 0. The number of fused-ring (bicyclic) bond motifs is 5. The van der Waals surface area contributed by atoms with Gasteiger partial charge in [-0.3, -0.25) is 0 Å². The maximum atomic E-state index is 3.11. The maximum Gasteiger partial charge on any atom is -0.0146 e. The first-order valence-corrected chi connectivity index (χ1v) is 9.13. The van der Waals surface area contributed by atoms with Gasteiger partial charge in [0, 0.05) is 0 Å². The van der Waals surface area contributed by atoms with E-state index in [1.165, 1.54) is 66.3 Å². The van der Waals surface area contributed by atoms with Gasteiger partial charge in [0.25, 0.3) is 0 Å². The lowest BCUT2D eigenvalue weighted by Gasteiger charge is -2.27. The smallest absolute Gasteiger partial charge is 0.0146 e. The fourth-order valence-electron chi connectivity index (χ4n) is 4.52. The summed E-state index contributed by atoms with van der Waals surface area (Å²) < 4.78 is 0. The Bertz CT molecular complexity index is 903. The van der Waals surface area contributed by atoms with Gasteiger partial charge in [0.05, 0.1) is 0 Å². The van der Waals surface area contributed by atoms with Gasteiger partial charge in [-0.1, -0.05) is 54.6 Å². The monoisotopic (exact) mass is 309 g/mol. The molecule has 1 radical (unpaired) electrons. The molecule has 0 amide bonds. The van der Waals surface area contributed by atoms with Gasteiger partial charge in [-0.15, -0.1) is 0 Å². The highest BCUT2D eigenvalue weighted by molar-refractivity contribution is 5.78. The van der Waals surface area contributed by atoms with Crippen molar-refractivity contribution < 1.29 is 0 Å². The van der Waals surface area contributed by atoms with Crippen molar-refractivity contribution >= 4 is 0 Å². The standard InChI is InChI=1S/C24H21/c1-2-6-17(7-3-1)19-11-13-22-20(16-19)12-15-23-21-9-5-4-8-18(21)10-14-24(22)23/h2-3,6-7,10-11,13-14,16H,4-5,8-9,12,15H2. The van der Waals surface area contributed by atoms with E-state index in [9.17, 15) is 0 Å². The van der Waals surface area contributed by atoms with Crippen molar-refractivity contribution in [1.29, 1.82) is 0 Å². The van der Waals surface area contributed by atoms with Crippen molar-refractivity contribution in [3.8, 4) is 22.3 Å². The molecule has 0 saturated carbocycles. The molecule has 117 valence electrons. The van der Waals surface area contributed by atoms with Crippen LogP contribution in [0.3, 0.4) is 0 Å². The number of benzene rings is 3. The Morgan fingerprint density at radius 3 is 2.33 bits per heavy atom. The summed E-state index contributed by atoms with van der Waals surface area (Å²) >= 11 is 0. The summed E-state index contributed by atoms with van der Waals surface area (Å²) in [6.07, 6.45) is 7.66. The van der Waals surface area contributed by atoms with Crippen LogP contribution in [0.4, 0.5) is 0 Å². The zero-order valence-electron chi connectivity index (χ0n) is 13.9. The Balaban J connectivity index is 1.62. The largest absolute Gasteiger partial charge is 0.0581 e. The highest BCUT2D eigenvalue weighted by Crippen LogP contribution is 2.39. The third-order valence-electron chi connectivity index (χ3n) is 5.74. The highest BCUT2D eigenvalue weighted by Gasteiger charge is 2.22. The van der Waals surface area contributed by atoms with E-state index in [1.807, 2.05) is 12.1 Å². The lowest BCUT2D eigenvalue weighted by molar-refractivity contribution is 0.676. The van der Waals surface area contributed by atoms with Crippen LogP contribution in [0.25, 0.3) is 22.3 Å². The first-order chi connectivity index (χ1) is 11.9. The molecular formula is C24H21. The molecule has 0 atom stereocenters. The molecular weight excluding hydrogens is 288 g/mol. The van der Waals surface area contributed by atoms with E-state index in [1.54, 1.807) is 16.7 Å². The summed E-state index contributed by atoms with van der Waals surface area (Å²) in [5.74, 6) is 0. The van der Waals surface area contributed by atoms with E-state index >= 15 is 0 Å². The van der Waals surface area contributed by atoms with Gasteiger partial charge in [0.15, 0.2) is 0 Å². The van der Waals surface area contributed by atoms with Crippen LogP contribution < -0.4 is 0 Å². The van der Waals surface area contributed by atoms with Crippen LogP contribution >= 0.6 is 0 Å². The molecule has 0 aromatic heterocycles. The fourth-order valence-corrected chi connectivity index (χ4v) is 4.52. The zero-order valence-corrected chi connectivity index (χ0v) is 13.9. The fraction of sp³-hybridized carbons (Fsp3) is 0.250. The Kier molecular flexibility index (Phi) is 3.29. The molecule has 0 fully saturated rings. The molecule has 0 bridgehead atoms. The molecule has 0 saturated heterocycles. The number of hydrogen-bond acceptors (Lipinski definition) is 0. The number of rotatable bonds is 1. The predicted molar refractivity (Wildman–Crippen MR) is 100 cm³/mol. The topological polar surface area (TPSA) is 0 Å². The molecule has 0 unspecified atom stereocenters. The summed E-state index contributed by atoms with van der Waals surface area (Å²) in [6, 6.07) is 23.2. The average Bonchev–Trinajstić information content (AvgIpc) is 2.67. The summed E-state index contributed by atoms with van der Waals surface area (Å²) in [4.78, 5) is 0. The molecule has 0 heterocycles. The molecule has 0 N–H and O–H groups in total. The van der Waals surface area contributed by atoms with Crippen molar-refractivity contribution in [3.63, 3.8) is 0 Å². The van der Waals surface area contributed by atoms with Crippen molar-refractivity contribution in [2.45, 2.75) is 38.5 Å². The predicted octanol–water partition coefficient (Wildman–Crippen LogP) is 5.80. The lowest BCUT2D eigenvalue weighted by Crippen LogP contribution is -2.12. The quantitative estimate of drug-likeness (QED) is 0.533. The van der Waals surface area contributed by atoms with Crippen molar-refractivity contribution in [3.05, 3.63) is 82.9 Å². The summed E-state index contributed by atoms with van der Waals surface area (Å²) in [5.41, 5.74) is 12.0. The Morgan fingerprint density at radius 2 is 1.42 bits per heavy atom. The SMILES string of the molecule is [c]1ccc(-c2ccc3c(c2)CCc2c-3ccc3c2CCCC3)cc1. The Hall–Kier alpha value is -2.34. The molecule has 3 aromatic rings. The van der Waals surface area contributed by atoms with Gasteiger partial charge in [-0.25, -0.2) is 0 Å². The highest BCUT2D eigenvalue weighted by atomic mass is 14.3. The van der Waals surface area contributed by atoms with Gasteiger partial charge in [-0.2, -0.15) is 0 Å². The van der Waals surface area contributed by atoms with Crippen molar-refractivity contribution in [1.82, 2.24) is 0 Å². The normalized spacial score (nSPS) is 15.3. The average molecular weight is 309 g/mol. The van der Waals surface area contributed by atoms with Crippen LogP contribution in [0.1, 0.15) is 35.1 Å². The third kappa shape index (κ3) is 2.21. The van der Waals surface area contributed by atoms with Gasteiger partial charge in [0.2, 0.25) is 0 Å². The molecule has 0 nitrogen and oxygen atoms in total. The van der Waals surface area contributed by atoms with Gasteiger partial charge in [0.1, 0.15) is 0 Å². The maximum absolute atomic E-state index is 3.11. The van der Waals surface area contributed by atoms with E-state index < -0.39 is 0 Å². The van der Waals surface area contributed by atoms with Crippen LogP contribution in [-0.4, -0.2) is 0 Å². The van der Waals surface area contributed by atoms with Crippen molar-refractivity contribution in [2.24, 2.45) is 0 Å². The summed E-state index contributed by atoms with van der Waals surface area (Å²) in [5, 5.41) is 0. The minimum absolute atomic E-state index is 1.17. The number of aryl methyl sites for hydroxylation is 2.